The number of nitrogens with two attached hydrogens (primary N) is 1. The van der Waals surface area contributed by atoms with E-state index in [4.69, 9.17) is 21.1 Å². The highest BCUT2D eigenvalue weighted by Gasteiger charge is 2.43. The van der Waals surface area contributed by atoms with Gasteiger partial charge in [0, 0.05) is 13.0 Å². The van der Waals surface area contributed by atoms with E-state index in [1.807, 2.05) is 0 Å². The van der Waals surface area contributed by atoms with E-state index in [0.717, 1.165) is 0 Å². The minimum atomic E-state index is -1.25. The Hall–Kier alpha value is -0.690. The summed E-state index contributed by atoms with van der Waals surface area (Å²) >= 11 is 0. The molecule has 1 atom stereocenters. The number of nitrogens with zero attached hydrogens (tertiary/aromatic N) is 1. The van der Waals surface area contributed by atoms with E-state index < -0.39 is 25.4 Å². The summed E-state index contributed by atoms with van der Waals surface area (Å²) in [5, 5.41) is 27.5. The number of aliphatic hydroxyl groups excluding tert-OH is 3. The van der Waals surface area contributed by atoms with Crippen LogP contribution in [-0.4, -0.2) is 64.6 Å². The fraction of sp³-hybridized carbons (Fsp3) is 0.889. The van der Waals surface area contributed by atoms with Gasteiger partial charge in [-0.15, -0.1) is 0 Å². The Morgan fingerprint density at radius 1 is 1.33 bits per heavy atom. The first kappa shape index (κ1) is 12.4. The number of hydrogen-bond acceptors (Lipinski definition) is 5. The van der Waals surface area contributed by atoms with E-state index in [-0.39, 0.29) is 11.8 Å². The van der Waals surface area contributed by atoms with Gasteiger partial charge < -0.3 is 26.0 Å². The van der Waals surface area contributed by atoms with E-state index >= 15 is 0 Å². The van der Waals surface area contributed by atoms with E-state index in [9.17, 15) is 4.79 Å². The summed E-state index contributed by atoms with van der Waals surface area (Å²) in [6.07, 6.45) is 0.318. The molecule has 0 bridgehead atoms. The molecule has 5 N–H and O–H groups in total. The molecule has 88 valence electrons. The normalized spacial score (nSPS) is 22.5. The molecule has 1 aliphatic rings. The van der Waals surface area contributed by atoms with Crippen LogP contribution in [0.1, 0.15) is 6.42 Å². The molecule has 0 aliphatic carbocycles. The van der Waals surface area contributed by atoms with Crippen molar-refractivity contribution in [1.29, 1.82) is 0 Å². The van der Waals surface area contributed by atoms with Crippen LogP contribution >= 0.6 is 0 Å². The number of likely N-dealkylation sites (tertiary alicyclic amines) is 1. The van der Waals surface area contributed by atoms with Crippen LogP contribution in [0.15, 0.2) is 0 Å². The van der Waals surface area contributed by atoms with Gasteiger partial charge in [-0.1, -0.05) is 0 Å². The lowest BCUT2D eigenvalue weighted by atomic mass is 10.0. The summed E-state index contributed by atoms with van der Waals surface area (Å²) in [4.78, 5) is 12.9. The SMILES string of the molecule is NCC1CC(=O)N(C(CO)(CO)CO)C1. The van der Waals surface area contributed by atoms with Gasteiger partial charge in [0.1, 0.15) is 5.54 Å². The lowest BCUT2D eigenvalue weighted by molar-refractivity contribution is -0.140. The van der Waals surface area contributed by atoms with Gasteiger partial charge in [0.2, 0.25) is 5.91 Å². The predicted molar refractivity (Wildman–Crippen MR) is 52.9 cm³/mol. The van der Waals surface area contributed by atoms with Gasteiger partial charge >= 0.3 is 0 Å². The van der Waals surface area contributed by atoms with E-state index in [0.29, 0.717) is 19.5 Å². The maximum atomic E-state index is 11.6. The largest absolute Gasteiger partial charge is 0.394 e. The van der Waals surface area contributed by atoms with Crippen molar-refractivity contribution >= 4 is 5.91 Å². The molecule has 1 heterocycles. The number of carbonyl (C=O) groups is 1. The first-order valence-electron chi connectivity index (χ1n) is 4.96. The van der Waals surface area contributed by atoms with Crippen LogP contribution in [0.25, 0.3) is 0 Å². The first-order valence-corrected chi connectivity index (χ1v) is 4.96. The minimum Gasteiger partial charge on any atom is -0.394 e. The zero-order valence-corrected chi connectivity index (χ0v) is 8.59. The van der Waals surface area contributed by atoms with Crippen molar-refractivity contribution in [2.24, 2.45) is 11.7 Å². The molecule has 0 aromatic heterocycles. The third-order valence-corrected chi connectivity index (χ3v) is 2.99. The summed E-state index contributed by atoms with van der Waals surface area (Å²) in [5.41, 5.74) is 4.21. The maximum Gasteiger partial charge on any atom is 0.223 e. The van der Waals surface area contributed by atoms with Crippen molar-refractivity contribution in [3.8, 4) is 0 Å². The Morgan fingerprint density at radius 2 is 1.87 bits per heavy atom. The van der Waals surface area contributed by atoms with Crippen molar-refractivity contribution < 1.29 is 20.1 Å². The lowest BCUT2D eigenvalue weighted by Gasteiger charge is -2.37. The molecule has 1 amide bonds. The Morgan fingerprint density at radius 3 is 2.20 bits per heavy atom. The van der Waals surface area contributed by atoms with Gasteiger partial charge in [-0.2, -0.15) is 0 Å². The molecule has 0 radical (unpaired) electrons. The zero-order chi connectivity index (χ0) is 11.5. The number of amides is 1. The Kier molecular flexibility index (Phi) is 4.04. The second-order valence-corrected chi connectivity index (χ2v) is 4.01. The van der Waals surface area contributed by atoms with Crippen LogP contribution in [0.5, 0.6) is 0 Å². The van der Waals surface area contributed by atoms with Gasteiger partial charge in [-0.3, -0.25) is 4.79 Å². The van der Waals surface area contributed by atoms with Crippen molar-refractivity contribution in [3.05, 3.63) is 0 Å². The molecular weight excluding hydrogens is 200 g/mol. The van der Waals surface area contributed by atoms with Crippen LogP contribution in [0.3, 0.4) is 0 Å². The molecule has 6 nitrogen and oxygen atoms in total. The van der Waals surface area contributed by atoms with Gasteiger partial charge in [-0.25, -0.2) is 0 Å². The van der Waals surface area contributed by atoms with E-state index in [1.165, 1.54) is 4.90 Å². The van der Waals surface area contributed by atoms with Crippen LogP contribution < -0.4 is 5.73 Å². The van der Waals surface area contributed by atoms with Crippen LogP contribution in [0, 0.1) is 5.92 Å². The van der Waals surface area contributed by atoms with Gasteiger partial charge in [-0.05, 0) is 12.5 Å². The molecule has 0 aromatic carbocycles. The Balaban J connectivity index is 2.81. The number of rotatable bonds is 5. The summed E-state index contributed by atoms with van der Waals surface area (Å²) in [6, 6.07) is 0. The van der Waals surface area contributed by atoms with Gasteiger partial charge in [0.25, 0.3) is 0 Å². The minimum absolute atomic E-state index is 0.0431. The second kappa shape index (κ2) is 4.89. The summed E-state index contributed by atoms with van der Waals surface area (Å²) < 4.78 is 0. The molecule has 15 heavy (non-hydrogen) atoms. The summed E-state index contributed by atoms with van der Waals surface area (Å²) in [6.45, 7) is -0.591. The third kappa shape index (κ3) is 2.12. The fourth-order valence-electron chi connectivity index (χ4n) is 1.80. The van der Waals surface area contributed by atoms with Crippen LogP contribution in [0.4, 0.5) is 0 Å². The van der Waals surface area contributed by atoms with Crippen molar-refractivity contribution in [3.63, 3.8) is 0 Å². The number of hydrogen-bond donors (Lipinski definition) is 4. The molecular formula is C9H18N2O4. The quantitative estimate of drug-likeness (QED) is 0.408. The molecule has 0 aromatic rings. The standard InChI is InChI=1S/C9H18N2O4/c10-2-7-1-8(15)11(3-7)9(4-12,5-13)6-14/h7,12-14H,1-6,10H2. The van der Waals surface area contributed by atoms with Crippen LogP contribution in [-0.2, 0) is 4.79 Å². The predicted octanol–water partition coefficient (Wildman–Crippen LogP) is -2.49. The van der Waals surface area contributed by atoms with Crippen molar-refractivity contribution in [2.45, 2.75) is 12.0 Å². The highest BCUT2D eigenvalue weighted by molar-refractivity contribution is 5.79. The average Bonchev–Trinajstić information content (AvgIpc) is 2.64. The molecule has 0 spiro atoms. The molecule has 1 rings (SSSR count). The fourth-order valence-corrected chi connectivity index (χ4v) is 1.80. The molecule has 6 heteroatoms. The van der Waals surface area contributed by atoms with E-state index in [1.54, 1.807) is 0 Å². The van der Waals surface area contributed by atoms with Gasteiger partial charge in [0.15, 0.2) is 0 Å². The number of aliphatic hydroxyl groups is 3. The third-order valence-electron chi connectivity index (χ3n) is 2.99. The van der Waals surface area contributed by atoms with Crippen molar-refractivity contribution in [2.75, 3.05) is 32.9 Å². The highest BCUT2D eigenvalue weighted by atomic mass is 16.3. The lowest BCUT2D eigenvalue weighted by Crippen LogP contribution is -2.57. The maximum absolute atomic E-state index is 11.6. The highest BCUT2D eigenvalue weighted by Crippen LogP contribution is 2.25. The van der Waals surface area contributed by atoms with Gasteiger partial charge in [0.05, 0.1) is 19.8 Å². The summed E-state index contributed by atoms with van der Waals surface area (Å²) in [5.74, 6) is -0.135. The number of carbonyl (C=O) groups excluding carboxylic acids is 1. The first-order chi connectivity index (χ1) is 7.13. The zero-order valence-electron chi connectivity index (χ0n) is 8.59. The second-order valence-electron chi connectivity index (χ2n) is 4.01. The Bertz CT molecular complexity index is 222. The van der Waals surface area contributed by atoms with Crippen molar-refractivity contribution in [1.82, 2.24) is 4.90 Å². The smallest absolute Gasteiger partial charge is 0.223 e. The molecule has 1 aliphatic heterocycles. The molecule has 0 saturated carbocycles. The monoisotopic (exact) mass is 218 g/mol. The topological polar surface area (TPSA) is 107 Å². The Labute approximate surface area is 88.3 Å². The molecule has 1 unspecified atom stereocenters. The summed E-state index contributed by atoms with van der Waals surface area (Å²) in [7, 11) is 0. The molecule has 1 fully saturated rings. The average molecular weight is 218 g/mol. The molecule has 1 saturated heterocycles. The van der Waals surface area contributed by atoms with Crippen LogP contribution in [0.2, 0.25) is 0 Å². The van der Waals surface area contributed by atoms with E-state index in [2.05, 4.69) is 0 Å².